The number of hydrogen-bond donors (Lipinski definition) is 1. The standard InChI is InChI=1S/C15H23NO2S/c1-3-18-15(17)14(10-7-11-19-2)16-12-13-8-5-4-6-9-13/h4-6,8-9,14,16H,3,7,10-12H2,1-2H3. The topological polar surface area (TPSA) is 38.3 Å². The number of benzene rings is 1. The Morgan fingerprint density at radius 2 is 2.11 bits per heavy atom. The number of thioether (sulfide) groups is 1. The molecule has 0 amide bonds. The van der Waals surface area contributed by atoms with E-state index in [2.05, 4.69) is 23.7 Å². The third kappa shape index (κ3) is 6.64. The van der Waals surface area contributed by atoms with Crippen molar-refractivity contribution in [2.45, 2.75) is 32.4 Å². The van der Waals surface area contributed by atoms with E-state index in [1.165, 1.54) is 5.56 Å². The first kappa shape index (κ1) is 16.1. The maximum Gasteiger partial charge on any atom is 0.323 e. The van der Waals surface area contributed by atoms with E-state index in [1.54, 1.807) is 11.8 Å². The second-order valence-electron chi connectivity index (χ2n) is 4.31. The molecule has 4 heteroatoms. The van der Waals surface area contributed by atoms with E-state index in [-0.39, 0.29) is 12.0 Å². The van der Waals surface area contributed by atoms with Crippen LogP contribution in [0, 0.1) is 0 Å². The monoisotopic (exact) mass is 281 g/mol. The summed E-state index contributed by atoms with van der Waals surface area (Å²) >= 11 is 1.80. The molecule has 0 aliphatic carbocycles. The molecule has 1 aromatic carbocycles. The fraction of sp³-hybridized carbons (Fsp3) is 0.533. The minimum absolute atomic E-state index is 0.139. The van der Waals surface area contributed by atoms with Crippen molar-refractivity contribution >= 4 is 17.7 Å². The first-order chi connectivity index (χ1) is 9.27. The van der Waals surface area contributed by atoms with Crippen molar-refractivity contribution < 1.29 is 9.53 Å². The average molecular weight is 281 g/mol. The predicted molar refractivity (Wildman–Crippen MR) is 81.3 cm³/mol. The van der Waals surface area contributed by atoms with Gasteiger partial charge in [-0.05, 0) is 37.3 Å². The van der Waals surface area contributed by atoms with Crippen LogP contribution in [0.2, 0.25) is 0 Å². The third-order valence-corrected chi connectivity index (χ3v) is 3.50. The molecule has 1 atom stereocenters. The van der Waals surface area contributed by atoms with Gasteiger partial charge in [-0.25, -0.2) is 0 Å². The number of ether oxygens (including phenoxy) is 1. The number of nitrogens with one attached hydrogen (secondary N) is 1. The summed E-state index contributed by atoms with van der Waals surface area (Å²) in [4.78, 5) is 11.9. The molecule has 3 nitrogen and oxygen atoms in total. The third-order valence-electron chi connectivity index (χ3n) is 2.81. The molecule has 0 aliphatic rings. The normalized spacial score (nSPS) is 12.1. The largest absolute Gasteiger partial charge is 0.465 e. The van der Waals surface area contributed by atoms with Gasteiger partial charge in [-0.1, -0.05) is 30.3 Å². The van der Waals surface area contributed by atoms with Gasteiger partial charge in [0.1, 0.15) is 6.04 Å². The molecule has 0 aromatic heterocycles. The fourth-order valence-electron chi connectivity index (χ4n) is 1.81. The fourth-order valence-corrected chi connectivity index (χ4v) is 2.27. The molecule has 1 N–H and O–H groups in total. The van der Waals surface area contributed by atoms with Crippen molar-refractivity contribution in [3.63, 3.8) is 0 Å². The van der Waals surface area contributed by atoms with Gasteiger partial charge in [-0.2, -0.15) is 11.8 Å². The van der Waals surface area contributed by atoms with Gasteiger partial charge in [-0.15, -0.1) is 0 Å². The van der Waals surface area contributed by atoms with E-state index in [0.29, 0.717) is 13.2 Å². The van der Waals surface area contributed by atoms with Gasteiger partial charge in [0.15, 0.2) is 0 Å². The quantitative estimate of drug-likeness (QED) is 0.558. The van der Waals surface area contributed by atoms with Gasteiger partial charge >= 0.3 is 5.97 Å². The minimum atomic E-state index is -0.202. The summed E-state index contributed by atoms with van der Waals surface area (Å²) in [5.41, 5.74) is 1.18. The summed E-state index contributed by atoms with van der Waals surface area (Å²) in [6.07, 6.45) is 3.93. The minimum Gasteiger partial charge on any atom is -0.465 e. The number of carbonyl (C=O) groups is 1. The summed E-state index contributed by atoms with van der Waals surface area (Å²) < 4.78 is 5.11. The molecule has 1 rings (SSSR count). The Kier molecular flexibility index (Phi) is 8.34. The lowest BCUT2D eigenvalue weighted by molar-refractivity contribution is -0.145. The molecule has 19 heavy (non-hydrogen) atoms. The predicted octanol–water partition coefficient (Wildman–Crippen LogP) is 2.85. The van der Waals surface area contributed by atoms with Crippen molar-refractivity contribution in [3.05, 3.63) is 35.9 Å². The van der Waals surface area contributed by atoms with E-state index in [0.717, 1.165) is 18.6 Å². The van der Waals surface area contributed by atoms with Gasteiger partial charge < -0.3 is 10.1 Å². The molecule has 0 fully saturated rings. The first-order valence-corrected chi connectivity index (χ1v) is 8.10. The zero-order chi connectivity index (χ0) is 13.9. The molecule has 106 valence electrons. The zero-order valence-electron chi connectivity index (χ0n) is 11.7. The van der Waals surface area contributed by atoms with Crippen LogP contribution in [0.25, 0.3) is 0 Å². The summed E-state index contributed by atoms with van der Waals surface area (Å²) in [7, 11) is 0. The smallest absolute Gasteiger partial charge is 0.323 e. The van der Waals surface area contributed by atoms with Crippen LogP contribution in [0.15, 0.2) is 30.3 Å². The molecule has 0 spiro atoms. The Balaban J connectivity index is 2.45. The summed E-state index contributed by atoms with van der Waals surface area (Å²) in [5, 5.41) is 3.30. The van der Waals surface area contributed by atoms with Crippen LogP contribution in [-0.2, 0) is 16.1 Å². The van der Waals surface area contributed by atoms with Gasteiger partial charge in [0.05, 0.1) is 6.61 Å². The summed E-state index contributed by atoms with van der Waals surface area (Å²) in [6, 6.07) is 9.90. The highest BCUT2D eigenvalue weighted by Crippen LogP contribution is 2.07. The van der Waals surface area contributed by atoms with Crippen LogP contribution in [0.5, 0.6) is 0 Å². The summed E-state index contributed by atoms with van der Waals surface area (Å²) in [5.74, 6) is 0.933. The maximum absolute atomic E-state index is 11.9. The van der Waals surface area contributed by atoms with Crippen LogP contribution in [-0.4, -0.2) is 30.6 Å². The number of rotatable bonds is 9. The molecule has 0 bridgehead atoms. The Morgan fingerprint density at radius 3 is 2.74 bits per heavy atom. The highest BCUT2D eigenvalue weighted by molar-refractivity contribution is 7.98. The highest BCUT2D eigenvalue weighted by atomic mass is 32.2. The second kappa shape index (κ2) is 9.87. The first-order valence-electron chi connectivity index (χ1n) is 6.70. The molecule has 0 radical (unpaired) electrons. The lowest BCUT2D eigenvalue weighted by Crippen LogP contribution is -2.37. The van der Waals surface area contributed by atoms with Gasteiger partial charge in [-0.3, -0.25) is 4.79 Å². The Hall–Kier alpha value is -1.00. The average Bonchev–Trinajstić information content (AvgIpc) is 2.44. The molecule has 1 aromatic rings. The van der Waals surface area contributed by atoms with E-state index in [1.807, 2.05) is 25.1 Å². The number of carbonyl (C=O) groups excluding carboxylic acids is 1. The number of esters is 1. The van der Waals surface area contributed by atoms with Crippen molar-refractivity contribution in [3.8, 4) is 0 Å². The number of hydrogen-bond acceptors (Lipinski definition) is 4. The lowest BCUT2D eigenvalue weighted by Gasteiger charge is -2.17. The molecule has 0 heterocycles. The van der Waals surface area contributed by atoms with E-state index in [4.69, 9.17) is 4.74 Å². The van der Waals surface area contributed by atoms with E-state index >= 15 is 0 Å². The molecule has 1 unspecified atom stereocenters. The van der Waals surface area contributed by atoms with Gasteiger partial charge in [0, 0.05) is 6.54 Å². The van der Waals surface area contributed by atoms with Crippen LogP contribution < -0.4 is 5.32 Å². The van der Waals surface area contributed by atoms with Crippen LogP contribution in [0.4, 0.5) is 0 Å². The molecule has 0 aliphatic heterocycles. The van der Waals surface area contributed by atoms with Crippen molar-refractivity contribution in [1.82, 2.24) is 5.32 Å². The zero-order valence-corrected chi connectivity index (χ0v) is 12.5. The van der Waals surface area contributed by atoms with E-state index < -0.39 is 0 Å². The Bertz CT molecular complexity index is 356. The molecule has 0 saturated heterocycles. The van der Waals surface area contributed by atoms with Crippen molar-refractivity contribution in [2.24, 2.45) is 0 Å². The van der Waals surface area contributed by atoms with Crippen LogP contribution >= 0.6 is 11.8 Å². The van der Waals surface area contributed by atoms with Crippen molar-refractivity contribution in [2.75, 3.05) is 18.6 Å². The van der Waals surface area contributed by atoms with Gasteiger partial charge in [0.2, 0.25) is 0 Å². The maximum atomic E-state index is 11.9. The lowest BCUT2D eigenvalue weighted by atomic mass is 10.1. The Labute approximate surface area is 120 Å². The van der Waals surface area contributed by atoms with Crippen molar-refractivity contribution in [1.29, 1.82) is 0 Å². The van der Waals surface area contributed by atoms with E-state index in [9.17, 15) is 4.79 Å². The SMILES string of the molecule is CCOC(=O)C(CCCSC)NCc1ccccc1. The highest BCUT2D eigenvalue weighted by Gasteiger charge is 2.18. The molecular formula is C15H23NO2S. The van der Waals surface area contributed by atoms with Crippen LogP contribution in [0.3, 0.4) is 0 Å². The molecular weight excluding hydrogens is 258 g/mol. The summed E-state index contributed by atoms with van der Waals surface area (Å²) in [6.45, 7) is 2.97. The Morgan fingerprint density at radius 1 is 1.37 bits per heavy atom. The van der Waals surface area contributed by atoms with Gasteiger partial charge in [0.25, 0.3) is 0 Å². The second-order valence-corrected chi connectivity index (χ2v) is 5.29. The van der Waals surface area contributed by atoms with Crippen LogP contribution in [0.1, 0.15) is 25.3 Å². The molecule has 0 saturated carbocycles.